The molecule has 1 atom stereocenters. The quantitative estimate of drug-likeness (QED) is 0.755. The standard InChI is InChI=1S/C17H16ClN3O2/c18-12-4-3-5-13(8-12)19-9-14(22)10-21-11-20-16-7-2-1-6-15(16)17(21)23/h1-8,11,14,19,22H,9-10H2. The van der Waals surface area contributed by atoms with Crippen LogP contribution in [0.2, 0.25) is 5.02 Å². The molecule has 1 heterocycles. The van der Waals surface area contributed by atoms with E-state index in [1.54, 1.807) is 30.3 Å². The van der Waals surface area contributed by atoms with Gasteiger partial charge in [-0.2, -0.15) is 0 Å². The molecule has 0 aliphatic heterocycles. The average molecular weight is 330 g/mol. The number of rotatable bonds is 5. The SMILES string of the molecule is O=c1c2ccccc2ncn1CC(O)CNc1cccc(Cl)c1. The van der Waals surface area contributed by atoms with Crippen molar-refractivity contribution in [2.24, 2.45) is 0 Å². The second-order valence-corrected chi connectivity index (χ2v) is 5.70. The van der Waals surface area contributed by atoms with Crippen LogP contribution in [-0.2, 0) is 6.54 Å². The minimum atomic E-state index is -0.727. The normalized spacial score (nSPS) is 12.3. The minimum Gasteiger partial charge on any atom is -0.389 e. The Kier molecular flexibility index (Phi) is 4.60. The van der Waals surface area contributed by atoms with Gasteiger partial charge in [-0.1, -0.05) is 29.8 Å². The van der Waals surface area contributed by atoms with Gasteiger partial charge in [-0.15, -0.1) is 0 Å². The number of anilines is 1. The summed E-state index contributed by atoms with van der Waals surface area (Å²) in [6.07, 6.45) is 0.738. The van der Waals surface area contributed by atoms with Crippen LogP contribution in [0.15, 0.2) is 59.7 Å². The number of hydrogen-bond donors (Lipinski definition) is 2. The van der Waals surface area contributed by atoms with Crippen LogP contribution in [0.1, 0.15) is 0 Å². The number of nitrogens with one attached hydrogen (secondary N) is 1. The molecule has 2 N–H and O–H groups in total. The van der Waals surface area contributed by atoms with Crippen molar-refractivity contribution in [1.82, 2.24) is 9.55 Å². The molecule has 23 heavy (non-hydrogen) atoms. The van der Waals surface area contributed by atoms with Gasteiger partial charge in [0.15, 0.2) is 0 Å². The maximum absolute atomic E-state index is 12.4. The Bertz CT molecular complexity index is 879. The average Bonchev–Trinajstić information content (AvgIpc) is 2.56. The first-order valence-corrected chi connectivity index (χ1v) is 7.63. The van der Waals surface area contributed by atoms with E-state index >= 15 is 0 Å². The summed E-state index contributed by atoms with van der Waals surface area (Å²) in [6, 6.07) is 14.4. The molecule has 0 bridgehead atoms. The fourth-order valence-corrected chi connectivity index (χ4v) is 2.55. The number of fused-ring (bicyclic) bond motifs is 1. The lowest BCUT2D eigenvalue weighted by molar-refractivity contribution is 0.165. The molecule has 1 unspecified atom stereocenters. The first-order chi connectivity index (χ1) is 11.1. The highest BCUT2D eigenvalue weighted by atomic mass is 35.5. The van der Waals surface area contributed by atoms with Crippen molar-refractivity contribution in [3.63, 3.8) is 0 Å². The Labute approximate surface area is 138 Å². The number of aliphatic hydroxyl groups is 1. The van der Waals surface area contributed by atoms with E-state index in [1.807, 2.05) is 18.2 Å². The van der Waals surface area contributed by atoms with Crippen molar-refractivity contribution < 1.29 is 5.11 Å². The van der Waals surface area contributed by atoms with Crippen LogP contribution in [-0.4, -0.2) is 27.3 Å². The molecule has 0 spiro atoms. The van der Waals surface area contributed by atoms with Gasteiger partial charge in [-0.05, 0) is 30.3 Å². The predicted molar refractivity (Wildman–Crippen MR) is 92.0 cm³/mol. The number of halogens is 1. The van der Waals surface area contributed by atoms with Crippen LogP contribution in [0.25, 0.3) is 10.9 Å². The van der Waals surface area contributed by atoms with Crippen molar-refractivity contribution in [3.8, 4) is 0 Å². The van der Waals surface area contributed by atoms with Crippen LogP contribution in [0.5, 0.6) is 0 Å². The predicted octanol–water partition coefficient (Wildman–Crippen LogP) is 2.52. The topological polar surface area (TPSA) is 67.2 Å². The van der Waals surface area contributed by atoms with Crippen LogP contribution in [0, 0.1) is 0 Å². The van der Waals surface area contributed by atoms with Crippen molar-refractivity contribution in [1.29, 1.82) is 0 Å². The van der Waals surface area contributed by atoms with E-state index in [9.17, 15) is 9.90 Å². The lowest BCUT2D eigenvalue weighted by Crippen LogP contribution is -2.31. The Morgan fingerprint density at radius 3 is 2.87 bits per heavy atom. The fraction of sp³-hybridized carbons (Fsp3) is 0.176. The van der Waals surface area contributed by atoms with E-state index in [0.29, 0.717) is 22.5 Å². The first kappa shape index (κ1) is 15.5. The van der Waals surface area contributed by atoms with Crippen molar-refractivity contribution in [3.05, 3.63) is 70.2 Å². The third-order valence-corrected chi connectivity index (χ3v) is 3.74. The summed E-state index contributed by atoms with van der Waals surface area (Å²) in [6.45, 7) is 0.476. The molecule has 6 heteroatoms. The van der Waals surface area contributed by atoms with E-state index in [2.05, 4.69) is 10.3 Å². The summed E-state index contributed by atoms with van der Waals surface area (Å²) >= 11 is 5.91. The molecule has 1 aromatic heterocycles. The summed E-state index contributed by atoms with van der Waals surface area (Å²) in [7, 11) is 0. The largest absolute Gasteiger partial charge is 0.389 e. The van der Waals surface area contributed by atoms with Crippen molar-refractivity contribution in [2.45, 2.75) is 12.6 Å². The molecule has 0 fully saturated rings. The first-order valence-electron chi connectivity index (χ1n) is 7.25. The highest BCUT2D eigenvalue weighted by Gasteiger charge is 2.09. The highest BCUT2D eigenvalue weighted by molar-refractivity contribution is 6.30. The smallest absolute Gasteiger partial charge is 0.261 e. The molecule has 3 aromatic rings. The van der Waals surface area contributed by atoms with Crippen LogP contribution in [0.3, 0.4) is 0 Å². The fourth-order valence-electron chi connectivity index (χ4n) is 2.36. The third-order valence-electron chi connectivity index (χ3n) is 3.51. The van der Waals surface area contributed by atoms with Crippen molar-refractivity contribution >= 4 is 28.2 Å². The number of hydrogen-bond acceptors (Lipinski definition) is 4. The summed E-state index contributed by atoms with van der Waals surface area (Å²) in [5.41, 5.74) is 1.32. The number of aromatic nitrogens is 2. The maximum atomic E-state index is 12.4. The van der Waals surface area contributed by atoms with Crippen LogP contribution < -0.4 is 10.9 Å². The van der Waals surface area contributed by atoms with Gasteiger partial charge in [0.1, 0.15) is 0 Å². The van der Waals surface area contributed by atoms with Crippen LogP contribution in [0.4, 0.5) is 5.69 Å². The third kappa shape index (κ3) is 3.70. The van der Waals surface area contributed by atoms with E-state index < -0.39 is 6.10 Å². The zero-order valence-electron chi connectivity index (χ0n) is 12.3. The number of aliphatic hydroxyl groups excluding tert-OH is 1. The Balaban J connectivity index is 1.69. The van der Waals surface area contributed by atoms with E-state index in [1.165, 1.54) is 10.9 Å². The molecular weight excluding hydrogens is 314 g/mol. The summed E-state index contributed by atoms with van der Waals surface area (Å²) in [5.74, 6) is 0. The lowest BCUT2D eigenvalue weighted by atomic mass is 10.2. The molecule has 0 saturated heterocycles. The maximum Gasteiger partial charge on any atom is 0.261 e. The molecule has 3 rings (SSSR count). The van der Waals surface area contributed by atoms with Crippen molar-refractivity contribution in [2.75, 3.05) is 11.9 Å². The van der Waals surface area contributed by atoms with Gasteiger partial charge in [0, 0.05) is 17.3 Å². The second-order valence-electron chi connectivity index (χ2n) is 5.26. The van der Waals surface area contributed by atoms with Gasteiger partial charge < -0.3 is 10.4 Å². The van der Waals surface area contributed by atoms with Gasteiger partial charge in [-0.25, -0.2) is 4.98 Å². The molecule has 0 saturated carbocycles. The Morgan fingerprint density at radius 2 is 2.04 bits per heavy atom. The minimum absolute atomic E-state index is 0.155. The Morgan fingerprint density at radius 1 is 1.22 bits per heavy atom. The summed E-state index contributed by atoms with van der Waals surface area (Å²) in [4.78, 5) is 16.6. The molecule has 2 aromatic carbocycles. The van der Waals surface area contributed by atoms with Gasteiger partial charge in [-0.3, -0.25) is 9.36 Å². The van der Waals surface area contributed by atoms with Gasteiger partial charge in [0.05, 0.1) is 29.9 Å². The molecule has 5 nitrogen and oxygen atoms in total. The second kappa shape index (κ2) is 6.81. The highest BCUT2D eigenvalue weighted by Crippen LogP contribution is 2.14. The van der Waals surface area contributed by atoms with E-state index in [0.717, 1.165) is 5.69 Å². The van der Waals surface area contributed by atoms with Gasteiger partial charge in [0.2, 0.25) is 0 Å². The van der Waals surface area contributed by atoms with E-state index in [-0.39, 0.29) is 12.1 Å². The molecule has 0 aliphatic rings. The van der Waals surface area contributed by atoms with Gasteiger partial charge in [0.25, 0.3) is 5.56 Å². The molecule has 118 valence electrons. The summed E-state index contributed by atoms with van der Waals surface area (Å²) < 4.78 is 1.42. The molecular formula is C17H16ClN3O2. The number of benzene rings is 2. The molecule has 0 aliphatic carbocycles. The Hall–Kier alpha value is -2.37. The van der Waals surface area contributed by atoms with Crippen LogP contribution >= 0.6 is 11.6 Å². The molecule has 0 radical (unpaired) electrons. The van der Waals surface area contributed by atoms with E-state index in [4.69, 9.17) is 11.6 Å². The zero-order chi connectivity index (χ0) is 16.2. The zero-order valence-corrected chi connectivity index (χ0v) is 13.1. The van der Waals surface area contributed by atoms with Gasteiger partial charge >= 0.3 is 0 Å². The number of para-hydroxylation sites is 1. The molecule has 0 amide bonds. The monoisotopic (exact) mass is 329 g/mol. The number of nitrogens with zero attached hydrogens (tertiary/aromatic N) is 2. The lowest BCUT2D eigenvalue weighted by Gasteiger charge is -2.14. The summed E-state index contributed by atoms with van der Waals surface area (Å²) in [5, 5.41) is 14.4.